The molecule has 0 aromatic heterocycles. The lowest BCUT2D eigenvalue weighted by Gasteiger charge is -2.16. The van der Waals surface area contributed by atoms with Gasteiger partial charge in [-0.05, 0) is 48.9 Å². The maximum atomic E-state index is 12.2. The van der Waals surface area contributed by atoms with Crippen molar-refractivity contribution in [2.24, 2.45) is 0 Å². The summed E-state index contributed by atoms with van der Waals surface area (Å²) in [5.74, 6) is 0.571. The van der Waals surface area contributed by atoms with Crippen molar-refractivity contribution in [2.45, 2.75) is 26.4 Å². The fourth-order valence-electron chi connectivity index (χ4n) is 2.25. The van der Waals surface area contributed by atoms with Crippen LogP contribution in [0.15, 0.2) is 48.5 Å². The molecule has 0 fully saturated rings. The van der Waals surface area contributed by atoms with Gasteiger partial charge in [0.05, 0.1) is 7.11 Å². The topological polar surface area (TPSA) is 79.5 Å². The summed E-state index contributed by atoms with van der Waals surface area (Å²) < 4.78 is 5.11. The molecule has 2 aromatic carbocycles. The number of nitrogens with one attached hydrogen (secondary N) is 3. The van der Waals surface area contributed by atoms with Crippen LogP contribution in [0.5, 0.6) is 5.75 Å². The Kier molecular flexibility index (Phi) is 6.39. The SMILES string of the molecule is COc1ccc(CNC(=O)[C@H](C)Nc2ccc(NC(C)=O)cc2)cc1. The van der Waals surface area contributed by atoms with Crippen molar-refractivity contribution in [1.29, 1.82) is 0 Å². The van der Waals surface area contributed by atoms with Gasteiger partial charge in [-0.2, -0.15) is 0 Å². The van der Waals surface area contributed by atoms with Crippen molar-refractivity contribution >= 4 is 23.2 Å². The Balaban J connectivity index is 1.83. The molecule has 0 spiro atoms. The number of carbonyl (C=O) groups is 2. The number of carbonyl (C=O) groups excluding carboxylic acids is 2. The van der Waals surface area contributed by atoms with Gasteiger partial charge in [-0.3, -0.25) is 9.59 Å². The zero-order valence-electron chi connectivity index (χ0n) is 14.6. The molecule has 0 aliphatic heterocycles. The van der Waals surface area contributed by atoms with Crippen LogP contribution in [0, 0.1) is 0 Å². The van der Waals surface area contributed by atoms with Crippen molar-refractivity contribution in [1.82, 2.24) is 5.32 Å². The van der Waals surface area contributed by atoms with E-state index in [0.29, 0.717) is 6.54 Å². The Bertz CT molecular complexity index is 712. The fraction of sp³-hybridized carbons (Fsp3) is 0.263. The Morgan fingerprint density at radius 1 is 1.00 bits per heavy atom. The highest BCUT2D eigenvalue weighted by Gasteiger charge is 2.12. The van der Waals surface area contributed by atoms with Crippen LogP contribution in [-0.2, 0) is 16.1 Å². The van der Waals surface area contributed by atoms with Gasteiger partial charge in [0.2, 0.25) is 11.8 Å². The molecular weight excluding hydrogens is 318 g/mol. The van der Waals surface area contributed by atoms with Gasteiger partial charge in [-0.15, -0.1) is 0 Å². The number of benzene rings is 2. The minimum atomic E-state index is -0.384. The quantitative estimate of drug-likeness (QED) is 0.723. The molecule has 2 aromatic rings. The smallest absolute Gasteiger partial charge is 0.242 e. The van der Waals surface area contributed by atoms with E-state index in [4.69, 9.17) is 4.74 Å². The number of ether oxygens (including phenoxy) is 1. The number of amides is 2. The number of anilines is 2. The zero-order chi connectivity index (χ0) is 18.2. The first-order valence-corrected chi connectivity index (χ1v) is 8.03. The zero-order valence-corrected chi connectivity index (χ0v) is 14.6. The van der Waals surface area contributed by atoms with Crippen LogP contribution < -0.4 is 20.7 Å². The molecule has 2 amide bonds. The highest BCUT2D eigenvalue weighted by atomic mass is 16.5. The van der Waals surface area contributed by atoms with E-state index in [1.165, 1.54) is 6.92 Å². The van der Waals surface area contributed by atoms with Crippen molar-refractivity contribution in [3.8, 4) is 5.75 Å². The Hall–Kier alpha value is -3.02. The average Bonchev–Trinajstić information content (AvgIpc) is 2.61. The molecule has 0 bridgehead atoms. The van der Waals surface area contributed by atoms with E-state index in [1.807, 2.05) is 36.4 Å². The molecule has 0 heterocycles. The Morgan fingerprint density at radius 3 is 2.16 bits per heavy atom. The van der Waals surface area contributed by atoms with Gasteiger partial charge in [0.1, 0.15) is 11.8 Å². The monoisotopic (exact) mass is 341 g/mol. The molecule has 25 heavy (non-hydrogen) atoms. The second-order valence-electron chi connectivity index (χ2n) is 5.69. The third kappa shape index (κ3) is 5.84. The summed E-state index contributed by atoms with van der Waals surface area (Å²) in [4.78, 5) is 23.2. The molecule has 6 nitrogen and oxygen atoms in total. The summed E-state index contributed by atoms with van der Waals surface area (Å²) in [7, 11) is 1.62. The van der Waals surface area contributed by atoms with Gasteiger partial charge in [0, 0.05) is 24.8 Å². The van der Waals surface area contributed by atoms with Crippen LogP contribution in [0.4, 0.5) is 11.4 Å². The second-order valence-corrected chi connectivity index (χ2v) is 5.69. The highest BCUT2D eigenvalue weighted by Crippen LogP contribution is 2.15. The van der Waals surface area contributed by atoms with Crippen LogP contribution in [0.1, 0.15) is 19.4 Å². The number of hydrogen-bond acceptors (Lipinski definition) is 4. The van der Waals surface area contributed by atoms with E-state index >= 15 is 0 Å². The lowest BCUT2D eigenvalue weighted by Crippen LogP contribution is -2.37. The molecule has 0 saturated carbocycles. The van der Waals surface area contributed by atoms with Crippen molar-refractivity contribution < 1.29 is 14.3 Å². The predicted octanol–water partition coefficient (Wildman–Crippen LogP) is 2.77. The van der Waals surface area contributed by atoms with Crippen LogP contribution in [0.25, 0.3) is 0 Å². The summed E-state index contributed by atoms with van der Waals surface area (Å²) in [6.07, 6.45) is 0. The van der Waals surface area contributed by atoms with Crippen LogP contribution >= 0.6 is 0 Å². The summed E-state index contributed by atoms with van der Waals surface area (Å²) in [6, 6.07) is 14.4. The third-order valence-corrected chi connectivity index (χ3v) is 3.61. The van der Waals surface area contributed by atoms with E-state index in [9.17, 15) is 9.59 Å². The molecular formula is C19H23N3O3. The molecule has 1 atom stereocenters. The molecule has 0 unspecified atom stereocenters. The minimum Gasteiger partial charge on any atom is -0.497 e. The highest BCUT2D eigenvalue weighted by molar-refractivity contribution is 5.89. The van der Waals surface area contributed by atoms with Crippen LogP contribution in [-0.4, -0.2) is 25.0 Å². The van der Waals surface area contributed by atoms with Crippen molar-refractivity contribution in [2.75, 3.05) is 17.7 Å². The number of rotatable bonds is 7. The first-order valence-electron chi connectivity index (χ1n) is 8.03. The normalized spacial score (nSPS) is 11.3. The van der Waals surface area contributed by atoms with E-state index in [-0.39, 0.29) is 17.9 Å². The molecule has 0 radical (unpaired) electrons. The molecule has 6 heteroatoms. The lowest BCUT2D eigenvalue weighted by molar-refractivity contribution is -0.121. The second kappa shape index (κ2) is 8.73. The molecule has 0 aliphatic rings. The van der Waals surface area contributed by atoms with Gasteiger partial charge in [-0.25, -0.2) is 0 Å². The summed E-state index contributed by atoms with van der Waals surface area (Å²) >= 11 is 0. The summed E-state index contributed by atoms with van der Waals surface area (Å²) in [6.45, 7) is 3.71. The van der Waals surface area contributed by atoms with E-state index in [0.717, 1.165) is 22.7 Å². The largest absolute Gasteiger partial charge is 0.497 e. The van der Waals surface area contributed by atoms with Crippen LogP contribution in [0.3, 0.4) is 0 Å². The summed E-state index contributed by atoms with van der Waals surface area (Å²) in [5.41, 5.74) is 2.52. The van der Waals surface area contributed by atoms with Crippen molar-refractivity contribution in [3.63, 3.8) is 0 Å². The van der Waals surface area contributed by atoms with E-state index in [1.54, 1.807) is 26.2 Å². The van der Waals surface area contributed by atoms with Gasteiger partial charge in [-0.1, -0.05) is 12.1 Å². The minimum absolute atomic E-state index is 0.0956. The molecule has 3 N–H and O–H groups in total. The fourth-order valence-corrected chi connectivity index (χ4v) is 2.25. The predicted molar refractivity (Wildman–Crippen MR) is 98.7 cm³/mol. The molecule has 0 saturated heterocycles. The molecule has 2 rings (SSSR count). The standard InChI is InChI=1S/C19H23N3O3/c1-13(21-16-6-8-17(9-7-16)22-14(2)23)19(24)20-12-15-4-10-18(25-3)11-5-15/h4-11,13,21H,12H2,1-3H3,(H,20,24)(H,22,23)/t13-/m0/s1. The van der Waals surface area contributed by atoms with E-state index < -0.39 is 0 Å². The maximum Gasteiger partial charge on any atom is 0.242 e. The Morgan fingerprint density at radius 2 is 1.60 bits per heavy atom. The maximum absolute atomic E-state index is 12.2. The first-order chi connectivity index (χ1) is 12.0. The number of methoxy groups -OCH3 is 1. The van der Waals surface area contributed by atoms with Gasteiger partial charge < -0.3 is 20.7 Å². The van der Waals surface area contributed by atoms with Gasteiger partial charge >= 0.3 is 0 Å². The van der Waals surface area contributed by atoms with Crippen molar-refractivity contribution in [3.05, 3.63) is 54.1 Å². The molecule has 0 aliphatic carbocycles. The van der Waals surface area contributed by atoms with Gasteiger partial charge in [0.25, 0.3) is 0 Å². The van der Waals surface area contributed by atoms with E-state index in [2.05, 4.69) is 16.0 Å². The first kappa shape index (κ1) is 18.3. The average molecular weight is 341 g/mol. The Labute approximate surface area is 147 Å². The summed E-state index contributed by atoms with van der Waals surface area (Å²) in [5, 5.41) is 8.73. The van der Waals surface area contributed by atoms with Crippen LogP contribution in [0.2, 0.25) is 0 Å². The molecule has 132 valence electrons. The lowest BCUT2D eigenvalue weighted by atomic mass is 10.2. The third-order valence-electron chi connectivity index (χ3n) is 3.61. The number of hydrogen-bond donors (Lipinski definition) is 3. The van der Waals surface area contributed by atoms with Gasteiger partial charge in [0.15, 0.2) is 0 Å².